The van der Waals surface area contributed by atoms with E-state index in [1.807, 2.05) is 48.5 Å². The first-order valence-electron chi connectivity index (χ1n) is 6.85. The SMILES string of the molecule is Nc1cccc(CC(=O)c2cccc(OC3CC3)c2)c1. The number of carbonyl (C=O) groups excluding carboxylic acids is 1. The second-order valence-electron chi connectivity index (χ2n) is 5.19. The highest BCUT2D eigenvalue weighted by Crippen LogP contribution is 2.27. The summed E-state index contributed by atoms with van der Waals surface area (Å²) in [5, 5.41) is 0. The zero-order valence-electron chi connectivity index (χ0n) is 11.2. The summed E-state index contributed by atoms with van der Waals surface area (Å²) in [6, 6.07) is 14.9. The average Bonchev–Trinajstić information content (AvgIpc) is 3.23. The van der Waals surface area contributed by atoms with Crippen LogP contribution in [0, 0.1) is 0 Å². The number of ether oxygens (including phenoxy) is 1. The van der Waals surface area contributed by atoms with Crippen molar-refractivity contribution in [3.63, 3.8) is 0 Å². The Morgan fingerprint density at radius 1 is 1.15 bits per heavy atom. The minimum Gasteiger partial charge on any atom is -0.490 e. The van der Waals surface area contributed by atoms with Crippen molar-refractivity contribution in [2.24, 2.45) is 0 Å². The normalized spacial score (nSPS) is 14.0. The van der Waals surface area contributed by atoms with Crippen LogP contribution in [-0.2, 0) is 6.42 Å². The van der Waals surface area contributed by atoms with Crippen LogP contribution in [0.2, 0.25) is 0 Å². The van der Waals surface area contributed by atoms with Crippen molar-refractivity contribution in [2.45, 2.75) is 25.4 Å². The lowest BCUT2D eigenvalue weighted by molar-refractivity contribution is 0.0992. The molecule has 1 saturated carbocycles. The summed E-state index contributed by atoms with van der Waals surface area (Å²) in [6.45, 7) is 0. The maximum atomic E-state index is 12.3. The van der Waals surface area contributed by atoms with E-state index in [-0.39, 0.29) is 5.78 Å². The number of carbonyl (C=O) groups is 1. The number of Topliss-reactive ketones (excluding diaryl/α,β-unsaturated/α-hetero) is 1. The first-order chi connectivity index (χ1) is 9.70. The van der Waals surface area contributed by atoms with Crippen LogP contribution in [0.25, 0.3) is 0 Å². The van der Waals surface area contributed by atoms with Gasteiger partial charge >= 0.3 is 0 Å². The summed E-state index contributed by atoms with van der Waals surface area (Å²) < 4.78 is 5.71. The highest BCUT2D eigenvalue weighted by molar-refractivity contribution is 5.97. The van der Waals surface area contributed by atoms with Crippen LogP contribution < -0.4 is 10.5 Å². The van der Waals surface area contributed by atoms with Gasteiger partial charge in [0.1, 0.15) is 5.75 Å². The van der Waals surface area contributed by atoms with Crippen molar-refractivity contribution in [3.05, 3.63) is 59.7 Å². The van der Waals surface area contributed by atoms with Gasteiger partial charge < -0.3 is 10.5 Å². The van der Waals surface area contributed by atoms with Gasteiger partial charge in [-0.3, -0.25) is 4.79 Å². The molecule has 0 bridgehead atoms. The number of benzene rings is 2. The number of anilines is 1. The van der Waals surface area contributed by atoms with Crippen LogP contribution >= 0.6 is 0 Å². The van der Waals surface area contributed by atoms with E-state index in [1.54, 1.807) is 0 Å². The van der Waals surface area contributed by atoms with E-state index in [2.05, 4.69) is 0 Å². The Balaban J connectivity index is 1.72. The Labute approximate surface area is 118 Å². The third-order valence-electron chi connectivity index (χ3n) is 3.30. The molecule has 0 radical (unpaired) electrons. The molecule has 2 aromatic rings. The largest absolute Gasteiger partial charge is 0.490 e. The van der Waals surface area contributed by atoms with Crippen molar-refractivity contribution < 1.29 is 9.53 Å². The summed E-state index contributed by atoms with van der Waals surface area (Å²) in [5.41, 5.74) is 8.03. The lowest BCUT2D eigenvalue weighted by atomic mass is 10.0. The molecule has 2 aromatic carbocycles. The van der Waals surface area contributed by atoms with Gasteiger partial charge in [-0.15, -0.1) is 0 Å². The molecule has 3 rings (SSSR count). The van der Waals surface area contributed by atoms with Crippen LogP contribution in [0.4, 0.5) is 5.69 Å². The molecule has 0 saturated heterocycles. The molecule has 0 aromatic heterocycles. The summed E-state index contributed by atoms with van der Waals surface area (Å²) in [5.74, 6) is 0.864. The number of rotatable bonds is 5. The van der Waals surface area contributed by atoms with Gasteiger partial charge in [0.25, 0.3) is 0 Å². The standard InChI is InChI=1S/C17H17NO2/c18-14-5-1-3-12(9-14)10-17(19)13-4-2-6-16(11-13)20-15-7-8-15/h1-6,9,11,15H,7-8,10,18H2. The van der Waals surface area contributed by atoms with Crippen LogP contribution in [-0.4, -0.2) is 11.9 Å². The molecule has 3 heteroatoms. The Hall–Kier alpha value is -2.29. The van der Waals surface area contributed by atoms with Crippen molar-refractivity contribution in [3.8, 4) is 5.75 Å². The van der Waals surface area contributed by atoms with Crippen molar-refractivity contribution in [1.29, 1.82) is 0 Å². The number of nitrogen functional groups attached to an aromatic ring is 1. The van der Waals surface area contributed by atoms with E-state index >= 15 is 0 Å². The molecule has 0 heterocycles. The van der Waals surface area contributed by atoms with E-state index in [9.17, 15) is 4.79 Å². The van der Waals surface area contributed by atoms with Crippen molar-refractivity contribution >= 4 is 11.5 Å². The fourth-order valence-electron chi connectivity index (χ4n) is 2.11. The van der Waals surface area contributed by atoms with E-state index in [0.29, 0.717) is 23.8 Å². The number of hydrogen-bond acceptors (Lipinski definition) is 3. The topological polar surface area (TPSA) is 52.3 Å². The van der Waals surface area contributed by atoms with Gasteiger partial charge in [0, 0.05) is 17.7 Å². The summed E-state index contributed by atoms with van der Waals surface area (Å²) in [6.07, 6.45) is 2.93. The Kier molecular flexibility index (Phi) is 3.42. The molecule has 102 valence electrons. The van der Waals surface area contributed by atoms with Gasteiger partial charge in [-0.1, -0.05) is 24.3 Å². The molecular formula is C17H17NO2. The first-order valence-corrected chi connectivity index (χ1v) is 6.85. The number of ketones is 1. The summed E-state index contributed by atoms with van der Waals surface area (Å²) >= 11 is 0. The fourth-order valence-corrected chi connectivity index (χ4v) is 2.11. The minimum atomic E-state index is 0.0804. The smallest absolute Gasteiger partial charge is 0.167 e. The molecule has 0 amide bonds. The highest BCUT2D eigenvalue weighted by atomic mass is 16.5. The van der Waals surface area contributed by atoms with Crippen molar-refractivity contribution in [2.75, 3.05) is 5.73 Å². The summed E-state index contributed by atoms with van der Waals surface area (Å²) in [7, 11) is 0. The molecule has 20 heavy (non-hydrogen) atoms. The van der Waals surface area contributed by atoms with Crippen LogP contribution in [0.3, 0.4) is 0 Å². The molecular weight excluding hydrogens is 250 g/mol. The predicted molar refractivity (Wildman–Crippen MR) is 79.0 cm³/mol. The second kappa shape index (κ2) is 5.37. The maximum Gasteiger partial charge on any atom is 0.167 e. The van der Waals surface area contributed by atoms with Crippen LogP contribution in [0.1, 0.15) is 28.8 Å². The highest BCUT2D eigenvalue weighted by Gasteiger charge is 2.23. The van der Waals surface area contributed by atoms with E-state index in [4.69, 9.17) is 10.5 Å². The van der Waals surface area contributed by atoms with Crippen molar-refractivity contribution in [1.82, 2.24) is 0 Å². The minimum absolute atomic E-state index is 0.0804. The molecule has 1 fully saturated rings. The zero-order chi connectivity index (χ0) is 13.9. The molecule has 0 atom stereocenters. The number of nitrogens with two attached hydrogens (primary N) is 1. The molecule has 3 nitrogen and oxygen atoms in total. The van der Waals surface area contributed by atoms with Gasteiger partial charge in [-0.25, -0.2) is 0 Å². The van der Waals surface area contributed by atoms with Crippen LogP contribution in [0.15, 0.2) is 48.5 Å². The third-order valence-corrected chi connectivity index (χ3v) is 3.30. The Morgan fingerprint density at radius 3 is 2.70 bits per heavy atom. The van der Waals surface area contributed by atoms with E-state index in [0.717, 1.165) is 24.2 Å². The van der Waals surface area contributed by atoms with Gasteiger partial charge in [0.05, 0.1) is 6.10 Å². The zero-order valence-corrected chi connectivity index (χ0v) is 11.2. The molecule has 1 aliphatic rings. The third kappa shape index (κ3) is 3.18. The molecule has 0 unspecified atom stereocenters. The second-order valence-corrected chi connectivity index (χ2v) is 5.19. The van der Waals surface area contributed by atoms with Gasteiger partial charge in [-0.2, -0.15) is 0 Å². The molecule has 1 aliphatic carbocycles. The summed E-state index contributed by atoms with van der Waals surface area (Å²) in [4.78, 5) is 12.3. The van der Waals surface area contributed by atoms with Gasteiger partial charge in [0.15, 0.2) is 5.78 Å². The first kappa shape index (κ1) is 12.7. The van der Waals surface area contributed by atoms with Crippen LogP contribution in [0.5, 0.6) is 5.75 Å². The monoisotopic (exact) mass is 267 g/mol. The molecule has 2 N–H and O–H groups in total. The lowest BCUT2D eigenvalue weighted by Crippen LogP contribution is -2.05. The van der Waals surface area contributed by atoms with E-state index < -0.39 is 0 Å². The quantitative estimate of drug-likeness (QED) is 0.668. The Morgan fingerprint density at radius 2 is 1.95 bits per heavy atom. The Bertz CT molecular complexity index is 632. The molecule has 0 aliphatic heterocycles. The maximum absolute atomic E-state index is 12.3. The lowest BCUT2D eigenvalue weighted by Gasteiger charge is -2.07. The predicted octanol–water partition coefficient (Wildman–Crippen LogP) is 3.24. The van der Waals surface area contributed by atoms with E-state index in [1.165, 1.54) is 0 Å². The van der Waals surface area contributed by atoms with Gasteiger partial charge in [-0.05, 0) is 42.7 Å². The fraction of sp³-hybridized carbons (Fsp3) is 0.235. The average molecular weight is 267 g/mol. The molecule has 0 spiro atoms. The van der Waals surface area contributed by atoms with Gasteiger partial charge in [0.2, 0.25) is 0 Å². The number of hydrogen-bond donors (Lipinski definition) is 1.